The van der Waals surface area contributed by atoms with Gasteiger partial charge in [-0.1, -0.05) is 29.5 Å². The second-order valence-electron chi connectivity index (χ2n) is 5.82. The van der Waals surface area contributed by atoms with Gasteiger partial charge in [0.15, 0.2) is 0 Å². The fourth-order valence-electron chi connectivity index (χ4n) is 2.76. The van der Waals surface area contributed by atoms with Crippen molar-refractivity contribution in [1.29, 1.82) is 0 Å². The Morgan fingerprint density at radius 1 is 1.08 bits per heavy atom. The van der Waals surface area contributed by atoms with Crippen molar-refractivity contribution in [1.82, 2.24) is 9.36 Å². The Hall–Kier alpha value is -3.35. The Morgan fingerprint density at radius 3 is 2.50 bits per heavy atom. The highest BCUT2D eigenvalue weighted by atomic mass is 16.5. The first kappa shape index (κ1) is 17.5. The van der Waals surface area contributed by atoms with Crippen LogP contribution in [0.4, 0.5) is 11.4 Å². The maximum Gasteiger partial charge on any atom is 0.297 e. The summed E-state index contributed by atoms with van der Waals surface area (Å²) >= 11 is 0. The van der Waals surface area contributed by atoms with Crippen LogP contribution in [0, 0.1) is 6.92 Å². The largest absolute Gasteiger partial charge is 0.497 e. The van der Waals surface area contributed by atoms with E-state index in [0.717, 1.165) is 11.4 Å². The third-order valence-corrected chi connectivity index (χ3v) is 4.20. The van der Waals surface area contributed by atoms with E-state index < -0.39 is 0 Å². The van der Waals surface area contributed by atoms with Gasteiger partial charge in [-0.05, 0) is 31.2 Å². The predicted molar refractivity (Wildman–Crippen MR) is 102 cm³/mol. The zero-order valence-electron chi connectivity index (χ0n) is 15.2. The molecule has 0 spiro atoms. The van der Waals surface area contributed by atoms with Crippen LogP contribution in [-0.4, -0.2) is 23.5 Å². The minimum absolute atomic E-state index is 0.150. The molecule has 0 N–H and O–H groups in total. The summed E-state index contributed by atoms with van der Waals surface area (Å²) in [6.45, 7) is 1.88. The molecule has 0 saturated carbocycles. The van der Waals surface area contributed by atoms with Crippen LogP contribution < -0.4 is 15.3 Å². The average Bonchev–Trinajstić information content (AvgIpc) is 2.89. The van der Waals surface area contributed by atoms with Crippen molar-refractivity contribution in [3.05, 3.63) is 70.6 Å². The molecule has 3 rings (SSSR count). The Balaban J connectivity index is 1.96. The molecule has 0 aliphatic carbocycles. The van der Waals surface area contributed by atoms with E-state index in [1.807, 2.05) is 67.2 Å². The lowest BCUT2D eigenvalue weighted by Crippen LogP contribution is -2.23. The lowest BCUT2D eigenvalue weighted by Gasteiger charge is -2.09. The lowest BCUT2D eigenvalue weighted by atomic mass is 10.3. The number of ether oxygens (including phenoxy) is 1. The molecule has 0 saturated heterocycles. The highest BCUT2D eigenvalue weighted by molar-refractivity contribution is 5.50. The number of methoxy groups -OCH3 is 1. The van der Waals surface area contributed by atoms with Gasteiger partial charge in [-0.3, -0.25) is 9.48 Å². The van der Waals surface area contributed by atoms with Gasteiger partial charge in [0.05, 0.1) is 24.2 Å². The van der Waals surface area contributed by atoms with E-state index in [-0.39, 0.29) is 5.56 Å². The van der Waals surface area contributed by atoms with Crippen LogP contribution >= 0.6 is 0 Å². The number of anilines is 1. The highest BCUT2D eigenvalue weighted by Crippen LogP contribution is 2.22. The molecule has 0 unspecified atom stereocenters. The quantitative estimate of drug-likeness (QED) is 0.521. The van der Waals surface area contributed by atoms with Crippen LogP contribution in [0.1, 0.15) is 5.69 Å². The fraction of sp³-hybridized carbons (Fsp3) is 0.211. The van der Waals surface area contributed by atoms with Crippen molar-refractivity contribution in [2.75, 3.05) is 19.2 Å². The Bertz CT molecular complexity index is 989. The predicted octanol–water partition coefficient (Wildman–Crippen LogP) is 3.63. The first-order chi connectivity index (χ1) is 12.5. The molecular formula is C19H21N5O2. The standard InChI is InChI=1S/C19H21N5O2/c1-14-18(19(25)24(23(14)3)16-10-6-5-7-11-16)22(2)21-20-15-9-8-12-17(13-15)26-4/h5-13H,1-4H3. The first-order valence-electron chi connectivity index (χ1n) is 8.16. The van der Waals surface area contributed by atoms with Gasteiger partial charge in [-0.2, -0.15) is 0 Å². The van der Waals surface area contributed by atoms with Gasteiger partial charge in [0.1, 0.15) is 11.4 Å². The molecule has 1 aromatic heterocycles. The topological polar surface area (TPSA) is 64.1 Å². The molecule has 0 aliphatic rings. The molecule has 1 heterocycles. The molecular weight excluding hydrogens is 330 g/mol. The minimum atomic E-state index is -0.150. The van der Waals surface area contributed by atoms with Gasteiger partial charge in [0.2, 0.25) is 0 Å². The molecule has 0 radical (unpaired) electrons. The summed E-state index contributed by atoms with van der Waals surface area (Å²) < 4.78 is 8.60. The summed E-state index contributed by atoms with van der Waals surface area (Å²) in [5, 5.41) is 9.88. The average molecular weight is 351 g/mol. The van der Waals surface area contributed by atoms with Crippen LogP contribution in [0.2, 0.25) is 0 Å². The summed E-state index contributed by atoms with van der Waals surface area (Å²) in [5.41, 5.74) is 2.57. The van der Waals surface area contributed by atoms with Crippen LogP contribution in [0.5, 0.6) is 5.75 Å². The molecule has 0 atom stereocenters. The van der Waals surface area contributed by atoms with Crippen LogP contribution in [-0.2, 0) is 7.05 Å². The number of rotatable bonds is 5. The molecule has 3 aromatic rings. The van der Waals surface area contributed by atoms with Crippen LogP contribution in [0.3, 0.4) is 0 Å². The summed E-state index contributed by atoms with van der Waals surface area (Å²) in [6.07, 6.45) is 0. The SMILES string of the molecule is COc1cccc(N=NN(C)c2c(C)n(C)n(-c3ccccc3)c2=O)c1. The third kappa shape index (κ3) is 3.23. The van der Waals surface area contributed by atoms with Crippen molar-refractivity contribution < 1.29 is 4.74 Å². The molecule has 0 fully saturated rings. The molecule has 2 aromatic carbocycles. The van der Waals surface area contributed by atoms with Gasteiger partial charge in [0.25, 0.3) is 5.56 Å². The summed E-state index contributed by atoms with van der Waals surface area (Å²) in [4.78, 5) is 12.9. The van der Waals surface area contributed by atoms with E-state index in [2.05, 4.69) is 10.3 Å². The summed E-state index contributed by atoms with van der Waals surface area (Å²) in [5.74, 6) is 0.700. The van der Waals surface area contributed by atoms with Gasteiger partial charge >= 0.3 is 0 Å². The number of para-hydroxylation sites is 1. The van der Waals surface area contributed by atoms with Crippen molar-refractivity contribution in [2.45, 2.75) is 6.92 Å². The van der Waals surface area contributed by atoms with E-state index >= 15 is 0 Å². The molecule has 26 heavy (non-hydrogen) atoms. The van der Waals surface area contributed by atoms with Crippen molar-refractivity contribution >= 4 is 11.4 Å². The summed E-state index contributed by atoms with van der Waals surface area (Å²) in [7, 11) is 5.16. The van der Waals surface area contributed by atoms with Gasteiger partial charge in [-0.15, -0.1) is 5.11 Å². The zero-order valence-corrected chi connectivity index (χ0v) is 15.2. The molecule has 7 nitrogen and oxygen atoms in total. The summed E-state index contributed by atoms with van der Waals surface area (Å²) in [6, 6.07) is 16.8. The zero-order chi connectivity index (χ0) is 18.7. The van der Waals surface area contributed by atoms with Crippen molar-refractivity contribution in [3.8, 4) is 11.4 Å². The number of hydrogen-bond acceptors (Lipinski definition) is 4. The Morgan fingerprint density at radius 2 is 1.81 bits per heavy atom. The third-order valence-electron chi connectivity index (χ3n) is 4.20. The van der Waals surface area contributed by atoms with Crippen LogP contribution in [0.25, 0.3) is 5.69 Å². The van der Waals surface area contributed by atoms with E-state index in [1.165, 1.54) is 5.01 Å². The van der Waals surface area contributed by atoms with Gasteiger partial charge in [0, 0.05) is 20.2 Å². The minimum Gasteiger partial charge on any atom is -0.497 e. The Kier molecular flexibility index (Phi) is 4.88. The van der Waals surface area contributed by atoms with E-state index in [4.69, 9.17) is 4.74 Å². The number of aromatic nitrogens is 2. The van der Waals surface area contributed by atoms with E-state index in [1.54, 1.807) is 24.9 Å². The Labute approximate surface area is 151 Å². The van der Waals surface area contributed by atoms with Crippen LogP contribution in [0.15, 0.2) is 69.7 Å². The first-order valence-corrected chi connectivity index (χ1v) is 8.16. The maximum atomic E-state index is 12.9. The van der Waals surface area contributed by atoms with Gasteiger partial charge < -0.3 is 4.74 Å². The smallest absolute Gasteiger partial charge is 0.297 e. The maximum absolute atomic E-state index is 12.9. The fourth-order valence-corrected chi connectivity index (χ4v) is 2.76. The van der Waals surface area contributed by atoms with E-state index in [9.17, 15) is 4.79 Å². The molecule has 7 heteroatoms. The van der Waals surface area contributed by atoms with Crippen molar-refractivity contribution in [3.63, 3.8) is 0 Å². The highest BCUT2D eigenvalue weighted by Gasteiger charge is 2.19. The van der Waals surface area contributed by atoms with Gasteiger partial charge in [-0.25, -0.2) is 9.69 Å². The molecule has 0 amide bonds. The normalized spacial score (nSPS) is 11.1. The monoisotopic (exact) mass is 351 g/mol. The number of nitrogens with zero attached hydrogens (tertiary/aromatic N) is 5. The molecule has 0 bridgehead atoms. The molecule has 0 aliphatic heterocycles. The lowest BCUT2D eigenvalue weighted by molar-refractivity contribution is 0.415. The van der Waals surface area contributed by atoms with Crippen molar-refractivity contribution in [2.24, 2.45) is 17.4 Å². The van der Waals surface area contributed by atoms with E-state index in [0.29, 0.717) is 17.1 Å². The number of benzene rings is 2. The second-order valence-corrected chi connectivity index (χ2v) is 5.82. The number of hydrogen-bond donors (Lipinski definition) is 0. The second kappa shape index (κ2) is 7.26. The molecule has 134 valence electrons.